The van der Waals surface area contributed by atoms with E-state index in [9.17, 15) is 4.79 Å². The van der Waals surface area contributed by atoms with Gasteiger partial charge in [-0.3, -0.25) is 4.79 Å². The molecule has 0 saturated carbocycles. The molecule has 1 amide bonds. The first-order valence-corrected chi connectivity index (χ1v) is 7.54. The molecule has 1 aromatic rings. The Morgan fingerprint density at radius 1 is 1.45 bits per heavy atom. The maximum absolute atomic E-state index is 11.9. The Balaban J connectivity index is 1.80. The molecular formula is C16H18ClN3O2. The van der Waals surface area contributed by atoms with Crippen LogP contribution in [0.15, 0.2) is 36.0 Å². The molecular weight excluding hydrogens is 302 g/mol. The van der Waals surface area contributed by atoms with Crippen molar-refractivity contribution >= 4 is 17.5 Å². The summed E-state index contributed by atoms with van der Waals surface area (Å²) in [7, 11) is 0. The number of nitriles is 1. The van der Waals surface area contributed by atoms with Gasteiger partial charge < -0.3 is 15.4 Å². The number of amides is 1. The highest BCUT2D eigenvalue weighted by Crippen LogP contribution is 2.11. The third-order valence-corrected chi connectivity index (χ3v) is 3.60. The summed E-state index contributed by atoms with van der Waals surface area (Å²) in [5.74, 6) is -0.387. The van der Waals surface area contributed by atoms with Gasteiger partial charge in [-0.05, 0) is 30.5 Å². The zero-order chi connectivity index (χ0) is 15.8. The number of benzene rings is 1. The highest BCUT2D eigenvalue weighted by atomic mass is 35.5. The Morgan fingerprint density at radius 3 is 2.86 bits per heavy atom. The number of halogens is 1. The second-order valence-electron chi connectivity index (χ2n) is 5.02. The molecule has 1 unspecified atom stereocenters. The van der Waals surface area contributed by atoms with Crippen LogP contribution < -0.4 is 10.6 Å². The van der Waals surface area contributed by atoms with Crippen molar-refractivity contribution in [3.63, 3.8) is 0 Å². The van der Waals surface area contributed by atoms with Gasteiger partial charge in [0.15, 0.2) is 0 Å². The minimum Gasteiger partial charge on any atom is -0.386 e. The van der Waals surface area contributed by atoms with Gasteiger partial charge in [0.1, 0.15) is 11.6 Å². The molecule has 5 nitrogen and oxygen atoms in total. The van der Waals surface area contributed by atoms with Gasteiger partial charge in [0.2, 0.25) is 0 Å². The Kier molecular flexibility index (Phi) is 6.26. The fraction of sp³-hybridized carbons (Fsp3) is 0.375. The normalized spacial score (nSPS) is 17.8. The summed E-state index contributed by atoms with van der Waals surface area (Å²) in [5, 5.41) is 15.4. The van der Waals surface area contributed by atoms with E-state index in [2.05, 4.69) is 10.6 Å². The average molecular weight is 320 g/mol. The summed E-state index contributed by atoms with van der Waals surface area (Å²) in [6.45, 7) is 1.69. The molecule has 1 heterocycles. The van der Waals surface area contributed by atoms with Crippen molar-refractivity contribution in [1.29, 1.82) is 5.26 Å². The van der Waals surface area contributed by atoms with Crippen LogP contribution in [0.2, 0.25) is 5.02 Å². The van der Waals surface area contributed by atoms with Crippen LogP contribution in [0.25, 0.3) is 0 Å². The molecule has 0 aliphatic carbocycles. The molecule has 0 aromatic heterocycles. The van der Waals surface area contributed by atoms with E-state index in [1.54, 1.807) is 12.1 Å². The summed E-state index contributed by atoms with van der Waals surface area (Å²) in [5.41, 5.74) is 1.06. The van der Waals surface area contributed by atoms with Crippen molar-refractivity contribution in [2.45, 2.75) is 25.5 Å². The minimum atomic E-state index is -0.387. The summed E-state index contributed by atoms with van der Waals surface area (Å²) in [6.07, 6.45) is 3.45. The monoisotopic (exact) mass is 319 g/mol. The Hall–Kier alpha value is -2.03. The van der Waals surface area contributed by atoms with Crippen LogP contribution in [0.3, 0.4) is 0 Å². The fourth-order valence-electron chi connectivity index (χ4n) is 2.13. The third-order valence-electron chi connectivity index (χ3n) is 3.35. The molecule has 1 saturated heterocycles. The fourth-order valence-corrected chi connectivity index (χ4v) is 2.25. The van der Waals surface area contributed by atoms with Crippen LogP contribution >= 0.6 is 11.6 Å². The van der Waals surface area contributed by atoms with E-state index in [0.717, 1.165) is 25.0 Å². The van der Waals surface area contributed by atoms with Crippen LogP contribution in [-0.2, 0) is 16.1 Å². The number of ether oxygens (including phenoxy) is 1. The van der Waals surface area contributed by atoms with Gasteiger partial charge in [0.25, 0.3) is 5.91 Å². The van der Waals surface area contributed by atoms with Gasteiger partial charge in [-0.2, -0.15) is 5.26 Å². The highest BCUT2D eigenvalue weighted by molar-refractivity contribution is 6.30. The lowest BCUT2D eigenvalue weighted by Crippen LogP contribution is -2.32. The predicted octanol–water partition coefficient (Wildman–Crippen LogP) is 2.13. The molecule has 2 N–H and O–H groups in total. The maximum Gasteiger partial charge on any atom is 0.263 e. The number of rotatable bonds is 6. The van der Waals surface area contributed by atoms with E-state index in [4.69, 9.17) is 21.6 Å². The molecule has 0 radical (unpaired) electrons. The lowest BCUT2D eigenvalue weighted by atomic mass is 10.2. The van der Waals surface area contributed by atoms with Crippen LogP contribution in [0.4, 0.5) is 0 Å². The van der Waals surface area contributed by atoms with E-state index < -0.39 is 0 Å². The SMILES string of the molecule is N#C/C(=C/NCc1ccc(Cl)cc1)C(=O)NCC1CCCO1. The summed E-state index contributed by atoms with van der Waals surface area (Å²) >= 11 is 5.81. The lowest BCUT2D eigenvalue weighted by Gasteiger charge is -2.10. The molecule has 1 fully saturated rings. The summed E-state index contributed by atoms with van der Waals surface area (Å²) in [6, 6.07) is 9.25. The number of nitrogens with one attached hydrogen (secondary N) is 2. The highest BCUT2D eigenvalue weighted by Gasteiger charge is 2.17. The number of hydrogen-bond acceptors (Lipinski definition) is 4. The Morgan fingerprint density at radius 2 is 2.23 bits per heavy atom. The molecule has 1 aromatic carbocycles. The second kappa shape index (κ2) is 8.42. The molecule has 2 rings (SSSR count). The zero-order valence-corrected chi connectivity index (χ0v) is 12.9. The lowest BCUT2D eigenvalue weighted by molar-refractivity contribution is -0.117. The van der Waals surface area contributed by atoms with Crippen molar-refractivity contribution in [3.05, 3.63) is 46.6 Å². The molecule has 0 spiro atoms. The topological polar surface area (TPSA) is 74.2 Å². The Labute approximate surface area is 134 Å². The van der Waals surface area contributed by atoms with Crippen LogP contribution in [-0.4, -0.2) is 25.2 Å². The Bertz CT molecular complexity index is 572. The quantitative estimate of drug-likeness (QED) is 0.622. The van der Waals surface area contributed by atoms with Crippen molar-refractivity contribution in [1.82, 2.24) is 10.6 Å². The third kappa shape index (κ3) is 5.06. The van der Waals surface area contributed by atoms with E-state index in [-0.39, 0.29) is 17.6 Å². The molecule has 22 heavy (non-hydrogen) atoms. The number of nitrogens with zero attached hydrogens (tertiary/aromatic N) is 1. The molecule has 0 bridgehead atoms. The van der Waals surface area contributed by atoms with Crippen molar-refractivity contribution in [2.24, 2.45) is 0 Å². The average Bonchev–Trinajstić information content (AvgIpc) is 3.04. The predicted molar refractivity (Wildman–Crippen MR) is 84.0 cm³/mol. The van der Waals surface area contributed by atoms with Gasteiger partial charge in [-0.25, -0.2) is 0 Å². The van der Waals surface area contributed by atoms with Crippen molar-refractivity contribution in [2.75, 3.05) is 13.2 Å². The van der Waals surface area contributed by atoms with E-state index in [1.807, 2.05) is 18.2 Å². The van der Waals surface area contributed by atoms with Gasteiger partial charge in [-0.1, -0.05) is 23.7 Å². The van der Waals surface area contributed by atoms with E-state index in [1.165, 1.54) is 6.20 Å². The first-order valence-electron chi connectivity index (χ1n) is 7.17. The molecule has 116 valence electrons. The minimum absolute atomic E-state index is 0.0481. The smallest absolute Gasteiger partial charge is 0.263 e. The van der Waals surface area contributed by atoms with Crippen LogP contribution in [0, 0.1) is 11.3 Å². The second-order valence-corrected chi connectivity index (χ2v) is 5.46. The summed E-state index contributed by atoms with van der Waals surface area (Å²) in [4.78, 5) is 11.9. The van der Waals surface area contributed by atoms with Gasteiger partial charge in [-0.15, -0.1) is 0 Å². The first-order chi connectivity index (χ1) is 10.7. The summed E-state index contributed by atoms with van der Waals surface area (Å²) < 4.78 is 5.42. The number of carbonyl (C=O) groups excluding carboxylic acids is 1. The van der Waals surface area contributed by atoms with Gasteiger partial charge in [0.05, 0.1) is 6.10 Å². The van der Waals surface area contributed by atoms with Crippen molar-refractivity contribution < 1.29 is 9.53 Å². The van der Waals surface area contributed by atoms with E-state index in [0.29, 0.717) is 18.1 Å². The van der Waals surface area contributed by atoms with Crippen LogP contribution in [0.1, 0.15) is 18.4 Å². The number of carbonyl (C=O) groups is 1. The molecule has 1 aliphatic heterocycles. The first kappa shape index (κ1) is 16.3. The van der Waals surface area contributed by atoms with Gasteiger partial charge >= 0.3 is 0 Å². The molecule has 1 atom stereocenters. The molecule has 1 aliphatic rings. The number of hydrogen-bond donors (Lipinski definition) is 2. The van der Waals surface area contributed by atoms with Crippen molar-refractivity contribution in [3.8, 4) is 6.07 Å². The maximum atomic E-state index is 11.9. The largest absolute Gasteiger partial charge is 0.386 e. The molecule has 6 heteroatoms. The zero-order valence-electron chi connectivity index (χ0n) is 12.1. The van der Waals surface area contributed by atoms with E-state index >= 15 is 0 Å². The standard InChI is InChI=1S/C16H18ClN3O2/c17-14-5-3-12(4-6-14)9-19-10-13(8-18)16(21)20-11-15-2-1-7-22-15/h3-6,10,15,19H,1-2,7,9,11H2,(H,20,21)/b13-10-. The van der Waals surface area contributed by atoms with Crippen LogP contribution in [0.5, 0.6) is 0 Å². The van der Waals surface area contributed by atoms with Gasteiger partial charge in [0, 0.05) is 30.9 Å².